The molecule has 0 radical (unpaired) electrons. The van der Waals surface area contributed by atoms with Gasteiger partial charge < -0.3 is 4.90 Å². The average Bonchev–Trinajstić information content (AvgIpc) is 2.46. The molecule has 0 atom stereocenters. The Morgan fingerprint density at radius 2 is 1.84 bits per heavy atom. The molecule has 1 saturated carbocycles. The van der Waals surface area contributed by atoms with E-state index in [1.54, 1.807) is 0 Å². The van der Waals surface area contributed by atoms with Crippen LogP contribution < -0.4 is 0 Å². The quantitative estimate of drug-likeness (QED) is 0.715. The van der Waals surface area contributed by atoms with Crippen LogP contribution in [0.3, 0.4) is 0 Å². The number of nitrogens with zero attached hydrogens (tertiary/aromatic N) is 1. The van der Waals surface area contributed by atoms with Gasteiger partial charge >= 0.3 is 0 Å². The summed E-state index contributed by atoms with van der Waals surface area (Å²) in [4.78, 5) is 14.8. The number of hydrogen-bond acceptors (Lipinski definition) is 1. The highest BCUT2D eigenvalue weighted by Gasteiger charge is 2.25. The summed E-state index contributed by atoms with van der Waals surface area (Å²) in [5, 5.41) is 0. The average molecular weight is 371 g/mol. The monoisotopic (exact) mass is 371 g/mol. The number of hydrogen-bond donors (Lipinski definition) is 0. The van der Waals surface area contributed by atoms with Crippen LogP contribution in [-0.4, -0.2) is 23.4 Å². The molecule has 2 rings (SSSR count). The Balaban J connectivity index is 2.13. The van der Waals surface area contributed by atoms with E-state index < -0.39 is 0 Å². The smallest absolute Gasteiger partial charge is 0.254 e. The van der Waals surface area contributed by atoms with E-state index in [4.69, 9.17) is 0 Å². The molecule has 1 aliphatic rings. The largest absolute Gasteiger partial charge is 0.336 e. The second-order valence-corrected chi connectivity index (χ2v) is 6.54. The lowest BCUT2D eigenvalue weighted by Crippen LogP contribution is -2.41. The fourth-order valence-corrected chi connectivity index (χ4v) is 3.20. The highest BCUT2D eigenvalue weighted by Crippen LogP contribution is 2.24. The minimum Gasteiger partial charge on any atom is -0.336 e. The molecule has 0 spiro atoms. The second-order valence-electron chi connectivity index (χ2n) is 5.30. The van der Waals surface area contributed by atoms with Crippen molar-refractivity contribution in [3.05, 3.63) is 33.4 Å². The third kappa shape index (κ3) is 3.94. The summed E-state index contributed by atoms with van der Waals surface area (Å²) in [7, 11) is 0. The zero-order valence-electron chi connectivity index (χ0n) is 11.6. The molecule has 104 valence electrons. The number of carbonyl (C=O) groups is 1. The van der Waals surface area contributed by atoms with Crippen LogP contribution in [0, 0.1) is 3.57 Å². The first kappa shape index (κ1) is 14.8. The van der Waals surface area contributed by atoms with Gasteiger partial charge in [0.25, 0.3) is 5.91 Å². The Bertz CT molecular complexity index is 409. The Hall–Kier alpha value is -0.580. The summed E-state index contributed by atoms with van der Waals surface area (Å²) in [6, 6.07) is 8.39. The zero-order chi connectivity index (χ0) is 13.7. The topological polar surface area (TPSA) is 20.3 Å². The molecule has 0 heterocycles. The van der Waals surface area contributed by atoms with Crippen LogP contribution in [-0.2, 0) is 0 Å². The van der Waals surface area contributed by atoms with Crippen LogP contribution in [0.25, 0.3) is 0 Å². The fourth-order valence-electron chi connectivity index (χ4n) is 2.84. The van der Waals surface area contributed by atoms with E-state index in [-0.39, 0.29) is 5.91 Å². The molecular formula is C16H22INO. The van der Waals surface area contributed by atoms with Crippen molar-refractivity contribution in [1.29, 1.82) is 0 Å². The molecule has 1 fully saturated rings. The van der Waals surface area contributed by atoms with Crippen LogP contribution in [0.5, 0.6) is 0 Å². The van der Waals surface area contributed by atoms with Gasteiger partial charge in [-0.2, -0.15) is 0 Å². The van der Waals surface area contributed by atoms with Gasteiger partial charge in [0.15, 0.2) is 0 Å². The Kier molecular flexibility index (Phi) is 5.67. The molecule has 3 heteroatoms. The molecule has 1 aliphatic carbocycles. The van der Waals surface area contributed by atoms with E-state index >= 15 is 0 Å². The predicted molar refractivity (Wildman–Crippen MR) is 87.4 cm³/mol. The third-order valence-corrected chi connectivity index (χ3v) is 4.55. The number of carbonyl (C=O) groups excluding carboxylic acids is 1. The zero-order valence-corrected chi connectivity index (χ0v) is 13.7. The second kappa shape index (κ2) is 7.27. The minimum absolute atomic E-state index is 0.213. The molecule has 0 saturated heterocycles. The summed E-state index contributed by atoms with van der Waals surface area (Å²) in [5.41, 5.74) is 0.833. The van der Waals surface area contributed by atoms with Crippen molar-refractivity contribution in [2.45, 2.75) is 51.5 Å². The fraction of sp³-hybridized carbons (Fsp3) is 0.562. The van der Waals surface area contributed by atoms with E-state index in [1.807, 2.05) is 24.3 Å². The first-order valence-corrected chi connectivity index (χ1v) is 8.36. The maximum absolute atomic E-state index is 12.7. The van der Waals surface area contributed by atoms with Gasteiger partial charge in [0.2, 0.25) is 0 Å². The van der Waals surface area contributed by atoms with Crippen molar-refractivity contribution in [1.82, 2.24) is 4.90 Å². The molecule has 0 unspecified atom stereocenters. The summed E-state index contributed by atoms with van der Waals surface area (Å²) >= 11 is 2.27. The van der Waals surface area contributed by atoms with Crippen molar-refractivity contribution in [3.63, 3.8) is 0 Å². The van der Waals surface area contributed by atoms with Crippen molar-refractivity contribution < 1.29 is 4.79 Å². The Morgan fingerprint density at radius 1 is 1.21 bits per heavy atom. The highest BCUT2D eigenvalue weighted by atomic mass is 127. The van der Waals surface area contributed by atoms with Gasteiger partial charge in [0.1, 0.15) is 0 Å². The molecule has 19 heavy (non-hydrogen) atoms. The molecule has 0 aromatic heterocycles. The number of halogens is 1. The first-order chi connectivity index (χ1) is 9.22. The van der Waals surface area contributed by atoms with Gasteiger partial charge in [0.05, 0.1) is 0 Å². The predicted octanol–water partition coefficient (Wildman–Crippen LogP) is 4.48. The number of amides is 1. The van der Waals surface area contributed by atoms with Gasteiger partial charge in [-0.3, -0.25) is 4.79 Å². The van der Waals surface area contributed by atoms with Crippen LogP contribution in [0.4, 0.5) is 0 Å². The van der Waals surface area contributed by atoms with Crippen molar-refractivity contribution in [3.8, 4) is 0 Å². The first-order valence-electron chi connectivity index (χ1n) is 7.29. The molecule has 1 aromatic carbocycles. The lowest BCUT2D eigenvalue weighted by atomic mass is 9.93. The van der Waals surface area contributed by atoms with Crippen LogP contribution >= 0.6 is 22.6 Å². The molecule has 0 bridgehead atoms. The third-order valence-electron chi connectivity index (χ3n) is 3.83. The SMILES string of the molecule is CCCN(C(=O)c1ccc(I)cc1)C1CCCCC1. The van der Waals surface area contributed by atoms with Gasteiger partial charge in [-0.05, 0) is 66.1 Å². The Labute approximate surface area is 129 Å². The minimum atomic E-state index is 0.213. The Morgan fingerprint density at radius 3 is 2.42 bits per heavy atom. The molecule has 0 N–H and O–H groups in total. The van der Waals surface area contributed by atoms with Crippen LogP contribution in [0.2, 0.25) is 0 Å². The number of benzene rings is 1. The van der Waals surface area contributed by atoms with E-state index in [0.29, 0.717) is 6.04 Å². The molecule has 0 aliphatic heterocycles. The van der Waals surface area contributed by atoms with Crippen molar-refractivity contribution in [2.24, 2.45) is 0 Å². The van der Waals surface area contributed by atoms with Crippen LogP contribution in [0.1, 0.15) is 55.8 Å². The molecule has 2 nitrogen and oxygen atoms in total. The van der Waals surface area contributed by atoms with E-state index in [0.717, 1.165) is 18.5 Å². The van der Waals surface area contributed by atoms with Gasteiger partial charge in [-0.15, -0.1) is 0 Å². The summed E-state index contributed by atoms with van der Waals surface area (Å²) < 4.78 is 1.17. The number of rotatable bonds is 4. The van der Waals surface area contributed by atoms with Crippen molar-refractivity contribution >= 4 is 28.5 Å². The van der Waals surface area contributed by atoms with Gasteiger partial charge in [0, 0.05) is 21.7 Å². The van der Waals surface area contributed by atoms with Gasteiger partial charge in [-0.1, -0.05) is 26.2 Å². The van der Waals surface area contributed by atoms with E-state index in [1.165, 1.54) is 35.7 Å². The molecular weight excluding hydrogens is 349 g/mol. The normalized spacial score (nSPS) is 16.3. The highest BCUT2D eigenvalue weighted by molar-refractivity contribution is 14.1. The van der Waals surface area contributed by atoms with Gasteiger partial charge in [-0.25, -0.2) is 0 Å². The summed E-state index contributed by atoms with van der Waals surface area (Å²) in [5.74, 6) is 0.213. The summed E-state index contributed by atoms with van der Waals surface area (Å²) in [6.45, 7) is 3.03. The maximum atomic E-state index is 12.7. The lowest BCUT2D eigenvalue weighted by Gasteiger charge is -2.34. The molecule has 1 aromatic rings. The standard InChI is InChI=1S/C16H22INO/c1-2-12-18(15-6-4-3-5-7-15)16(19)13-8-10-14(17)11-9-13/h8-11,15H,2-7,12H2,1H3. The van der Waals surface area contributed by atoms with E-state index in [2.05, 4.69) is 34.4 Å². The maximum Gasteiger partial charge on any atom is 0.254 e. The van der Waals surface area contributed by atoms with Crippen molar-refractivity contribution in [2.75, 3.05) is 6.54 Å². The summed E-state index contributed by atoms with van der Waals surface area (Å²) in [6.07, 6.45) is 7.25. The van der Waals surface area contributed by atoms with Crippen LogP contribution in [0.15, 0.2) is 24.3 Å². The molecule has 1 amide bonds. The van der Waals surface area contributed by atoms with E-state index in [9.17, 15) is 4.79 Å². The lowest BCUT2D eigenvalue weighted by molar-refractivity contribution is 0.0634.